The summed E-state index contributed by atoms with van der Waals surface area (Å²) in [7, 11) is 1.35. The van der Waals surface area contributed by atoms with Crippen molar-refractivity contribution in [2.45, 2.75) is 56.9 Å². The minimum Gasteiger partial charge on any atom is -0.492 e. The Bertz CT molecular complexity index is 1680. The normalized spacial score (nSPS) is 17.7. The van der Waals surface area contributed by atoms with Gasteiger partial charge in [-0.1, -0.05) is 24.3 Å². The lowest BCUT2D eigenvalue weighted by molar-refractivity contribution is -0.141. The molecule has 0 saturated heterocycles. The third-order valence-electron chi connectivity index (χ3n) is 7.90. The van der Waals surface area contributed by atoms with Crippen molar-refractivity contribution in [1.29, 1.82) is 0 Å². The standard InChI is InChI=1S/C32H30F3N3O5/c1-31(2,40)30-36-17-38(37-30)20-6-4-18(5-7-20)29-24-11-13-26(23(24)10-12-25(29)32(33,34)35)43-21-8-9-22-19(14-28(39)41-3)16-42-27(22)15-21/h4-10,12,15,17,19,26,40H,11,13-14,16H2,1-3H3/t19-,26-/m1/s1. The molecule has 6 rings (SSSR count). The van der Waals surface area contributed by atoms with Crippen LogP contribution in [-0.2, 0) is 27.7 Å². The number of halogens is 3. The lowest BCUT2D eigenvalue weighted by atomic mass is 9.91. The Balaban J connectivity index is 1.29. The summed E-state index contributed by atoms with van der Waals surface area (Å²) in [5.41, 5.74) is 1.45. The SMILES string of the molecule is COC(=O)C[C@@H]1COc2cc(O[C@@H]3CCc4c3ccc(C(F)(F)F)c4-c3ccc(-n4cnc(C(C)(C)O)n4)cc3)ccc21. The average molecular weight is 594 g/mol. The number of methoxy groups -OCH3 is 1. The highest BCUT2D eigenvalue weighted by Gasteiger charge is 2.38. The molecule has 1 N–H and O–H groups in total. The van der Waals surface area contributed by atoms with E-state index in [9.17, 15) is 23.1 Å². The molecule has 11 heteroatoms. The molecule has 1 aromatic heterocycles. The summed E-state index contributed by atoms with van der Waals surface area (Å²) in [6, 6.07) is 14.7. The molecule has 0 spiro atoms. The first-order valence-electron chi connectivity index (χ1n) is 13.9. The largest absolute Gasteiger partial charge is 0.492 e. The Kier molecular flexibility index (Phi) is 7.16. The van der Waals surface area contributed by atoms with Gasteiger partial charge in [-0.05, 0) is 73.2 Å². The van der Waals surface area contributed by atoms with Crippen LogP contribution in [0.5, 0.6) is 11.5 Å². The lowest BCUT2D eigenvalue weighted by Gasteiger charge is -2.20. The monoisotopic (exact) mass is 593 g/mol. The summed E-state index contributed by atoms with van der Waals surface area (Å²) in [6.07, 6.45) is -2.38. The second-order valence-electron chi connectivity index (χ2n) is 11.3. The Morgan fingerprint density at radius 2 is 1.84 bits per heavy atom. The molecule has 8 nitrogen and oxygen atoms in total. The number of rotatable bonds is 7. The molecule has 0 radical (unpaired) electrons. The van der Waals surface area contributed by atoms with Crippen LogP contribution in [0.2, 0.25) is 0 Å². The van der Waals surface area contributed by atoms with Gasteiger partial charge in [-0.3, -0.25) is 4.79 Å². The van der Waals surface area contributed by atoms with Crippen LogP contribution in [0.4, 0.5) is 13.2 Å². The molecule has 1 aliphatic carbocycles. The van der Waals surface area contributed by atoms with Crippen LogP contribution in [0.25, 0.3) is 16.8 Å². The highest BCUT2D eigenvalue weighted by Crippen LogP contribution is 2.47. The van der Waals surface area contributed by atoms with Crippen LogP contribution >= 0.6 is 0 Å². The van der Waals surface area contributed by atoms with Gasteiger partial charge in [-0.15, -0.1) is 5.10 Å². The molecule has 0 fully saturated rings. The van der Waals surface area contributed by atoms with Crippen LogP contribution in [0.15, 0.2) is 60.9 Å². The van der Waals surface area contributed by atoms with Crippen molar-refractivity contribution < 1.29 is 37.3 Å². The highest BCUT2D eigenvalue weighted by molar-refractivity contribution is 5.75. The summed E-state index contributed by atoms with van der Waals surface area (Å²) in [6.45, 7) is 3.50. The Morgan fingerprint density at radius 1 is 1.09 bits per heavy atom. The number of ether oxygens (including phenoxy) is 3. The first-order valence-corrected chi connectivity index (χ1v) is 13.9. The predicted molar refractivity (Wildman–Crippen MR) is 150 cm³/mol. The molecule has 1 aliphatic heterocycles. The summed E-state index contributed by atoms with van der Waals surface area (Å²) < 4.78 is 61.1. The lowest BCUT2D eigenvalue weighted by Crippen LogP contribution is -2.18. The first kappa shape index (κ1) is 28.7. The number of aliphatic hydroxyl groups is 1. The summed E-state index contributed by atoms with van der Waals surface area (Å²) >= 11 is 0. The average Bonchev–Trinajstić information content (AvgIpc) is 3.71. The van der Waals surface area contributed by atoms with Crippen LogP contribution < -0.4 is 9.47 Å². The maximum absolute atomic E-state index is 14.2. The zero-order chi connectivity index (χ0) is 30.5. The van der Waals surface area contributed by atoms with Gasteiger partial charge in [-0.25, -0.2) is 9.67 Å². The predicted octanol–water partition coefficient (Wildman–Crippen LogP) is 6.29. The number of aromatic nitrogens is 3. The van der Waals surface area contributed by atoms with Crippen LogP contribution in [-0.4, -0.2) is 39.6 Å². The van der Waals surface area contributed by atoms with Crippen molar-refractivity contribution in [2.24, 2.45) is 0 Å². The summed E-state index contributed by atoms with van der Waals surface area (Å²) in [5, 5.41) is 14.5. The third-order valence-corrected chi connectivity index (χ3v) is 7.90. The smallest absolute Gasteiger partial charge is 0.417 e. The van der Waals surface area contributed by atoms with Gasteiger partial charge in [0, 0.05) is 17.5 Å². The Labute approximate surface area is 246 Å². The number of fused-ring (bicyclic) bond motifs is 2. The van der Waals surface area contributed by atoms with E-state index in [2.05, 4.69) is 10.1 Å². The van der Waals surface area contributed by atoms with E-state index in [0.717, 1.165) is 11.6 Å². The molecule has 0 bridgehead atoms. The molecule has 2 heterocycles. The van der Waals surface area contributed by atoms with Crippen molar-refractivity contribution in [3.63, 3.8) is 0 Å². The number of esters is 1. The maximum Gasteiger partial charge on any atom is 0.417 e. The minimum absolute atomic E-state index is 0.105. The number of alkyl halides is 3. The molecule has 3 aromatic carbocycles. The van der Waals surface area contributed by atoms with Crippen molar-refractivity contribution in [3.05, 3.63) is 89.0 Å². The van der Waals surface area contributed by atoms with E-state index in [1.165, 1.54) is 24.2 Å². The quantitative estimate of drug-likeness (QED) is 0.252. The molecular formula is C32H30F3N3O5. The van der Waals surface area contributed by atoms with Crippen molar-refractivity contribution in [1.82, 2.24) is 14.8 Å². The fourth-order valence-corrected chi connectivity index (χ4v) is 5.75. The molecular weight excluding hydrogens is 563 g/mol. The minimum atomic E-state index is -4.55. The molecule has 4 aromatic rings. The number of carbonyl (C=O) groups excluding carboxylic acids is 1. The molecule has 2 atom stereocenters. The first-order chi connectivity index (χ1) is 20.4. The number of benzene rings is 3. The van der Waals surface area contributed by atoms with E-state index in [1.54, 1.807) is 50.2 Å². The fourth-order valence-electron chi connectivity index (χ4n) is 5.75. The van der Waals surface area contributed by atoms with Gasteiger partial charge in [0.1, 0.15) is 29.5 Å². The molecule has 43 heavy (non-hydrogen) atoms. The fraction of sp³-hybridized carbons (Fsp3) is 0.344. The molecule has 0 saturated carbocycles. The van der Waals surface area contributed by atoms with Gasteiger partial charge in [0.25, 0.3) is 0 Å². The van der Waals surface area contributed by atoms with E-state index in [-0.39, 0.29) is 29.7 Å². The Morgan fingerprint density at radius 3 is 2.51 bits per heavy atom. The van der Waals surface area contributed by atoms with E-state index in [0.29, 0.717) is 53.3 Å². The van der Waals surface area contributed by atoms with Crippen LogP contribution in [0.3, 0.4) is 0 Å². The second-order valence-corrected chi connectivity index (χ2v) is 11.3. The van der Waals surface area contributed by atoms with E-state index < -0.39 is 23.4 Å². The molecule has 2 aliphatic rings. The number of hydrogen-bond acceptors (Lipinski definition) is 7. The Hall–Kier alpha value is -4.38. The number of carbonyl (C=O) groups is 1. The topological polar surface area (TPSA) is 95.7 Å². The van der Waals surface area contributed by atoms with Crippen molar-refractivity contribution in [2.75, 3.05) is 13.7 Å². The zero-order valence-corrected chi connectivity index (χ0v) is 23.8. The van der Waals surface area contributed by atoms with Crippen molar-refractivity contribution >= 4 is 5.97 Å². The van der Waals surface area contributed by atoms with Crippen molar-refractivity contribution in [3.8, 4) is 28.3 Å². The summed E-state index contributed by atoms with van der Waals surface area (Å²) in [5.74, 6) is 0.982. The third kappa shape index (κ3) is 5.56. The maximum atomic E-state index is 14.2. The van der Waals surface area contributed by atoms with Gasteiger partial charge in [0.15, 0.2) is 5.82 Å². The van der Waals surface area contributed by atoms with Gasteiger partial charge in [-0.2, -0.15) is 13.2 Å². The second kappa shape index (κ2) is 10.7. The van der Waals surface area contributed by atoms with Gasteiger partial charge in [0.05, 0.1) is 31.4 Å². The van der Waals surface area contributed by atoms with Crippen LogP contribution in [0.1, 0.15) is 66.8 Å². The molecule has 0 unspecified atom stereocenters. The zero-order valence-electron chi connectivity index (χ0n) is 23.8. The summed E-state index contributed by atoms with van der Waals surface area (Å²) in [4.78, 5) is 15.9. The molecule has 0 amide bonds. The molecule has 224 valence electrons. The van der Waals surface area contributed by atoms with Crippen LogP contribution in [0, 0.1) is 0 Å². The highest BCUT2D eigenvalue weighted by atomic mass is 19.4. The van der Waals surface area contributed by atoms with E-state index >= 15 is 0 Å². The number of nitrogens with zero attached hydrogens (tertiary/aromatic N) is 3. The van der Waals surface area contributed by atoms with Gasteiger partial charge < -0.3 is 19.3 Å². The number of hydrogen-bond donors (Lipinski definition) is 1. The van der Waals surface area contributed by atoms with Gasteiger partial charge in [0.2, 0.25) is 0 Å². The van der Waals surface area contributed by atoms with E-state index in [1.807, 2.05) is 6.07 Å². The van der Waals surface area contributed by atoms with Gasteiger partial charge >= 0.3 is 12.1 Å². The van der Waals surface area contributed by atoms with E-state index in [4.69, 9.17) is 14.2 Å².